The van der Waals surface area contributed by atoms with Gasteiger partial charge in [0.2, 0.25) is 0 Å². The first kappa shape index (κ1) is 12.8. The number of nitrogens with one attached hydrogen (secondary N) is 1. The summed E-state index contributed by atoms with van der Waals surface area (Å²) in [6, 6.07) is 17.0. The first-order chi connectivity index (χ1) is 9.78. The van der Waals surface area contributed by atoms with E-state index in [1.54, 1.807) is 0 Å². The number of aromatic nitrogens is 1. The lowest BCUT2D eigenvalue weighted by atomic mass is 9.97. The van der Waals surface area contributed by atoms with Gasteiger partial charge in [-0.2, -0.15) is 0 Å². The molecule has 0 aliphatic rings. The van der Waals surface area contributed by atoms with Crippen molar-refractivity contribution in [3.8, 4) is 11.1 Å². The van der Waals surface area contributed by atoms with Gasteiger partial charge in [0.05, 0.1) is 5.52 Å². The topological polar surface area (TPSA) is 24.9 Å². The summed E-state index contributed by atoms with van der Waals surface area (Å²) >= 11 is 0. The number of benzene rings is 2. The summed E-state index contributed by atoms with van der Waals surface area (Å²) in [5.74, 6) is 0. The molecule has 0 bridgehead atoms. The van der Waals surface area contributed by atoms with Gasteiger partial charge in [-0.15, -0.1) is 0 Å². The fourth-order valence-electron chi connectivity index (χ4n) is 2.52. The van der Waals surface area contributed by atoms with Crippen LogP contribution in [0.3, 0.4) is 0 Å². The molecule has 2 nitrogen and oxygen atoms in total. The maximum atomic E-state index is 4.57. The minimum Gasteiger partial charge on any atom is -0.316 e. The molecule has 0 amide bonds. The van der Waals surface area contributed by atoms with Crippen LogP contribution in [0.2, 0.25) is 0 Å². The molecule has 0 spiro atoms. The Morgan fingerprint density at radius 2 is 1.90 bits per heavy atom. The molecule has 3 aromatic rings. The van der Waals surface area contributed by atoms with Crippen LogP contribution in [-0.4, -0.2) is 12.0 Å². The zero-order valence-corrected chi connectivity index (χ0v) is 11.9. The summed E-state index contributed by atoms with van der Waals surface area (Å²) in [4.78, 5) is 4.57. The van der Waals surface area contributed by atoms with E-state index in [2.05, 4.69) is 53.6 Å². The zero-order valence-electron chi connectivity index (χ0n) is 11.9. The SMILES string of the molecule is CNCc1ccc(C)cc1-c1cnc2ccccc2c1. The molecule has 1 aromatic heterocycles. The Balaban J connectivity index is 2.16. The molecule has 0 fully saturated rings. The van der Waals surface area contributed by atoms with E-state index in [4.69, 9.17) is 0 Å². The third kappa shape index (κ3) is 2.43. The normalized spacial score (nSPS) is 10.9. The predicted molar refractivity (Wildman–Crippen MR) is 84.7 cm³/mol. The quantitative estimate of drug-likeness (QED) is 0.773. The molecule has 0 saturated heterocycles. The highest BCUT2D eigenvalue weighted by atomic mass is 14.8. The van der Waals surface area contributed by atoms with Gasteiger partial charge in [0.1, 0.15) is 0 Å². The first-order valence-electron chi connectivity index (χ1n) is 6.87. The molecule has 0 unspecified atom stereocenters. The van der Waals surface area contributed by atoms with Gasteiger partial charge in [0, 0.05) is 23.7 Å². The van der Waals surface area contributed by atoms with Gasteiger partial charge in [-0.3, -0.25) is 4.98 Å². The molecule has 0 aliphatic heterocycles. The van der Waals surface area contributed by atoms with E-state index in [9.17, 15) is 0 Å². The molecular weight excluding hydrogens is 244 g/mol. The molecule has 1 N–H and O–H groups in total. The third-order valence-electron chi connectivity index (χ3n) is 3.53. The van der Waals surface area contributed by atoms with Crippen LogP contribution in [0.4, 0.5) is 0 Å². The van der Waals surface area contributed by atoms with E-state index in [0.717, 1.165) is 12.1 Å². The van der Waals surface area contributed by atoms with Gasteiger partial charge in [0.25, 0.3) is 0 Å². The molecule has 0 saturated carbocycles. The number of fused-ring (bicyclic) bond motifs is 1. The number of para-hydroxylation sites is 1. The second-order valence-corrected chi connectivity index (χ2v) is 5.11. The van der Waals surface area contributed by atoms with Crippen molar-refractivity contribution in [2.45, 2.75) is 13.5 Å². The van der Waals surface area contributed by atoms with Crippen molar-refractivity contribution < 1.29 is 0 Å². The average Bonchev–Trinajstić information content (AvgIpc) is 2.49. The highest BCUT2D eigenvalue weighted by Gasteiger charge is 2.06. The fraction of sp³-hybridized carbons (Fsp3) is 0.167. The number of hydrogen-bond acceptors (Lipinski definition) is 2. The van der Waals surface area contributed by atoms with Crippen LogP contribution in [0.5, 0.6) is 0 Å². The van der Waals surface area contributed by atoms with Crippen LogP contribution >= 0.6 is 0 Å². The van der Waals surface area contributed by atoms with E-state index < -0.39 is 0 Å². The first-order valence-corrected chi connectivity index (χ1v) is 6.87. The van der Waals surface area contributed by atoms with Gasteiger partial charge in [-0.25, -0.2) is 0 Å². The lowest BCUT2D eigenvalue weighted by molar-refractivity contribution is 0.819. The molecular formula is C18H18N2. The van der Waals surface area contributed by atoms with Crippen molar-refractivity contribution >= 4 is 10.9 Å². The minimum absolute atomic E-state index is 0.864. The maximum absolute atomic E-state index is 4.57. The summed E-state index contributed by atoms with van der Waals surface area (Å²) in [6.07, 6.45) is 1.97. The predicted octanol–water partition coefficient (Wildman–Crippen LogP) is 3.93. The van der Waals surface area contributed by atoms with Crippen LogP contribution in [0, 0.1) is 6.92 Å². The minimum atomic E-state index is 0.864. The molecule has 0 aliphatic carbocycles. The van der Waals surface area contributed by atoms with Crippen LogP contribution < -0.4 is 5.32 Å². The molecule has 0 atom stereocenters. The molecule has 1 heterocycles. The summed E-state index contributed by atoms with van der Waals surface area (Å²) < 4.78 is 0. The number of nitrogens with zero attached hydrogens (tertiary/aromatic N) is 1. The number of rotatable bonds is 3. The van der Waals surface area contributed by atoms with Crippen molar-refractivity contribution in [1.82, 2.24) is 10.3 Å². The van der Waals surface area contributed by atoms with Crippen LogP contribution in [0.25, 0.3) is 22.0 Å². The van der Waals surface area contributed by atoms with E-state index in [-0.39, 0.29) is 0 Å². The lowest BCUT2D eigenvalue weighted by Crippen LogP contribution is -2.06. The molecule has 3 rings (SSSR count). The average molecular weight is 262 g/mol. The number of aryl methyl sites for hydroxylation is 1. The van der Waals surface area contributed by atoms with Gasteiger partial charge in [-0.1, -0.05) is 42.0 Å². The Kier molecular flexibility index (Phi) is 3.48. The third-order valence-corrected chi connectivity index (χ3v) is 3.53. The Morgan fingerprint density at radius 1 is 1.05 bits per heavy atom. The highest BCUT2D eigenvalue weighted by Crippen LogP contribution is 2.27. The Hall–Kier alpha value is -2.19. The van der Waals surface area contributed by atoms with Gasteiger partial charge in [0.15, 0.2) is 0 Å². The molecule has 0 radical (unpaired) electrons. The second kappa shape index (κ2) is 5.43. The van der Waals surface area contributed by atoms with Crippen molar-refractivity contribution in [2.75, 3.05) is 7.05 Å². The van der Waals surface area contributed by atoms with Crippen molar-refractivity contribution in [1.29, 1.82) is 0 Å². The number of pyridine rings is 1. The van der Waals surface area contributed by atoms with E-state index >= 15 is 0 Å². The van der Waals surface area contributed by atoms with E-state index in [1.165, 1.54) is 27.6 Å². The van der Waals surface area contributed by atoms with Crippen LogP contribution in [-0.2, 0) is 6.54 Å². The Labute approximate surface area is 119 Å². The second-order valence-electron chi connectivity index (χ2n) is 5.11. The van der Waals surface area contributed by atoms with Gasteiger partial charge < -0.3 is 5.32 Å². The van der Waals surface area contributed by atoms with Crippen molar-refractivity contribution in [2.24, 2.45) is 0 Å². The van der Waals surface area contributed by atoms with Gasteiger partial charge in [-0.05, 0) is 37.2 Å². The molecule has 2 heteroatoms. The smallest absolute Gasteiger partial charge is 0.0702 e. The molecule has 2 aromatic carbocycles. The van der Waals surface area contributed by atoms with E-state index in [0.29, 0.717) is 0 Å². The zero-order chi connectivity index (χ0) is 13.9. The lowest BCUT2D eigenvalue weighted by Gasteiger charge is -2.11. The highest BCUT2D eigenvalue weighted by molar-refractivity contribution is 5.84. The maximum Gasteiger partial charge on any atom is 0.0702 e. The molecule has 20 heavy (non-hydrogen) atoms. The standard InChI is InChI=1S/C18H18N2/c1-13-7-8-15(11-19-2)17(9-13)16-10-14-5-3-4-6-18(14)20-12-16/h3-10,12,19H,11H2,1-2H3. The van der Waals surface area contributed by atoms with Crippen molar-refractivity contribution in [3.05, 3.63) is 65.9 Å². The Morgan fingerprint density at radius 3 is 2.75 bits per heavy atom. The summed E-state index contributed by atoms with van der Waals surface area (Å²) in [6.45, 7) is 2.99. The summed E-state index contributed by atoms with van der Waals surface area (Å²) in [5.41, 5.74) is 6.05. The summed E-state index contributed by atoms with van der Waals surface area (Å²) in [7, 11) is 1.97. The van der Waals surface area contributed by atoms with Crippen LogP contribution in [0.1, 0.15) is 11.1 Å². The number of hydrogen-bond donors (Lipinski definition) is 1. The largest absolute Gasteiger partial charge is 0.316 e. The van der Waals surface area contributed by atoms with Crippen LogP contribution in [0.15, 0.2) is 54.7 Å². The monoisotopic (exact) mass is 262 g/mol. The summed E-state index contributed by atoms with van der Waals surface area (Å²) in [5, 5.41) is 4.41. The fourth-order valence-corrected chi connectivity index (χ4v) is 2.52. The van der Waals surface area contributed by atoms with E-state index in [1.807, 2.05) is 25.4 Å². The van der Waals surface area contributed by atoms with Gasteiger partial charge >= 0.3 is 0 Å². The molecule has 100 valence electrons. The van der Waals surface area contributed by atoms with Crippen molar-refractivity contribution in [3.63, 3.8) is 0 Å². The Bertz CT molecular complexity index is 747.